The number of hydrogen-bond acceptors (Lipinski definition) is 2. The van der Waals surface area contributed by atoms with Crippen molar-refractivity contribution in [2.24, 2.45) is 5.92 Å². The maximum atomic E-state index is 12.6. The fourth-order valence-corrected chi connectivity index (χ4v) is 3.86. The van der Waals surface area contributed by atoms with Crippen LogP contribution < -0.4 is 5.32 Å². The number of carbonyl (C=O) groups excluding carboxylic acids is 1. The highest BCUT2D eigenvalue weighted by Gasteiger charge is 2.34. The van der Waals surface area contributed by atoms with Crippen LogP contribution in [0.5, 0.6) is 0 Å². The van der Waals surface area contributed by atoms with Crippen LogP contribution >= 0.6 is 0 Å². The van der Waals surface area contributed by atoms with Gasteiger partial charge >= 0.3 is 0 Å². The van der Waals surface area contributed by atoms with Crippen molar-refractivity contribution in [2.75, 3.05) is 19.6 Å². The van der Waals surface area contributed by atoms with Crippen LogP contribution in [0.25, 0.3) is 10.8 Å². The van der Waals surface area contributed by atoms with Crippen molar-refractivity contribution in [1.29, 1.82) is 0 Å². The summed E-state index contributed by atoms with van der Waals surface area (Å²) in [6.07, 6.45) is 7.87. The Kier molecular flexibility index (Phi) is 3.55. The van der Waals surface area contributed by atoms with E-state index in [0.717, 1.165) is 22.9 Å². The largest absolute Gasteiger partial charge is 0.348 e. The lowest BCUT2D eigenvalue weighted by atomic mass is 9.84. The summed E-state index contributed by atoms with van der Waals surface area (Å²) in [6, 6.07) is 12.0. The van der Waals surface area contributed by atoms with Crippen LogP contribution in [0.1, 0.15) is 28.8 Å². The number of fused-ring (bicyclic) bond motifs is 4. The molecule has 0 radical (unpaired) electrons. The SMILES string of the molecule is C#Cc1ccc2ccc(C(=O)NC3CN4CCC3CC4)cc2c1. The average Bonchev–Trinajstić information content (AvgIpc) is 2.61. The predicted octanol–water partition coefficient (Wildman–Crippen LogP) is 2.65. The maximum absolute atomic E-state index is 12.6. The fraction of sp³-hybridized carbons (Fsp3) is 0.350. The third-order valence-corrected chi connectivity index (χ3v) is 5.24. The minimum Gasteiger partial charge on any atom is -0.348 e. The Balaban J connectivity index is 1.56. The molecule has 2 bridgehead atoms. The molecule has 116 valence electrons. The van der Waals surface area contributed by atoms with E-state index in [2.05, 4.69) is 16.1 Å². The molecular weight excluding hydrogens is 284 g/mol. The highest BCUT2D eigenvalue weighted by atomic mass is 16.1. The first-order valence-electron chi connectivity index (χ1n) is 8.26. The zero-order valence-corrected chi connectivity index (χ0v) is 13.1. The van der Waals surface area contributed by atoms with Crippen molar-refractivity contribution in [3.8, 4) is 12.3 Å². The Bertz CT molecular complexity index is 797. The lowest BCUT2D eigenvalue weighted by Gasteiger charge is -2.44. The first-order valence-corrected chi connectivity index (χ1v) is 8.26. The van der Waals surface area contributed by atoms with Gasteiger partial charge in [-0.3, -0.25) is 4.79 Å². The van der Waals surface area contributed by atoms with Crippen LogP contribution in [0.2, 0.25) is 0 Å². The van der Waals surface area contributed by atoms with Crippen molar-refractivity contribution >= 4 is 16.7 Å². The van der Waals surface area contributed by atoms with Crippen molar-refractivity contribution in [3.63, 3.8) is 0 Å². The van der Waals surface area contributed by atoms with E-state index in [4.69, 9.17) is 6.42 Å². The van der Waals surface area contributed by atoms with Gasteiger partial charge in [-0.05, 0) is 66.9 Å². The molecule has 3 aliphatic rings. The molecule has 0 saturated carbocycles. The molecule has 3 saturated heterocycles. The van der Waals surface area contributed by atoms with Crippen molar-refractivity contribution in [1.82, 2.24) is 10.2 Å². The van der Waals surface area contributed by atoms with Gasteiger partial charge in [0.25, 0.3) is 5.91 Å². The van der Waals surface area contributed by atoms with Crippen LogP contribution in [0.15, 0.2) is 36.4 Å². The number of carbonyl (C=O) groups is 1. The van der Waals surface area contributed by atoms with Crippen LogP contribution in [-0.4, -0.2) is 36.5 Å². The zero-order valence-electron chi connectivity index (χ0n) is 13.1. The van der Waals surface area contributed by atoms with Crippen molar-refractivity contribution in [3.05, 3.63) is 47.5 Å². The minimum atomic E-state index is 0.0248. The number of nitrogens with zero attached hydrogens (tertiary/aromatic N) is 1. The van der Waals surface area contributed by atoms with Gasteiger partial charge in [-0.1, -0.05) is 18.1 Å². The number of rotatable bonds is 2. The van der Waals surface area contributed by atoms with Gasteiger partial charge in [0.2, 0.25) is 0 Å². The van der Waals surface area contributed by atoms with Crippen LogP contribution in [0.3, 0.4) is 0 Å². The molecule has 5 rings (SSSR count). The van der Waals surface area contributed by atoms with Gasteiger partial charge in [0, 0.05) is 23.7 Å². The summed E-state index contributed by atoms with van der Waals surface area (Å²) in [6.45, 7) is 3.36. The molecule has 3 heterocycles. The topological polar surface area (TPSA) is 32.3 Å². The number of terminal acetylenes is 1. The van der Waals surface area contributed by atoms with Crippen LogP contribution in [0, 0.1) is 18.3 Å². The molecule has 1 amide bonds. The van der Waals surface area contributed by atoms with E-state index >= 15 is 0 Å². The normalized spacial score (nSPS) is 26.0. The molecule has 23 heavy (non-hydrogen) atoms. The Hall–Kier alpha value is -2.31. The second-order valence-electron chi connectivity index (χ2n) is 6.64. The smallest absolute Gasteiger partial charge is 0.251 e. The van der Waals surface area contributed by atoms with E-state index in [0.29, 0.717) is 11.5 Å². The quantitative estimate of drug-likeness (QED) is 0.865. The van der Waals surface area contributed by atoms with Gasteiger partial charge in [-0.2, -0.15) is 0 Å². The monoisotopic (exact) mass is 304 g/mol. The Morgan fingerprint density at radius 3 is 2.61 bits per heavy atom. The molecule has 0 aromatic heterocycles. The highest BCUT2D eigenvalue weighted by molar-refractivity contribution is 5.99. The summed E-state index contributed by atoms with van der Waals surface area (Å²) < 4.78 is 0. The van der Waals surface area contributed by atoms with Crippen molar-refractivity contribution < 1.29 is 4.79 Å². The van der Waals surface area contributed by atoms with Gasteiger partial charge in [-0.15, -0.1) is 6.42 Å². The Morgan fingerprint density at radius 1 is 1.13 bits per heavy atom. The summed E-state index contributed by atoms with van der Waals surface area (Å²) in [5.74, 6) is 3.31. The average molecular weight is 304 g/mol. The number of benzene rings is 2. The molecular formula is C20H20N2O. The Morgan fingerprint density at radius 2 is 1.91 bits per heavy atom. The fourth-order valence-electron chi connectivity index (χ4n) is 3.86. The molecule has 3 aliphatic heterocycles. The third-order valence-electron chi connectivity index (χ3n) is 5.24. The van der Waals surface area contributed by atoms with Gasteiger partial charge in [0.15, 0.2) is 0 Å². The molecule has 0 aliphatic carbocycles. The molecule has 3 heteroatoms. The van der Waals surface area contributed by atoms with E-state index < -0.39 is 0 Å². The molecule has 2 aromatic rings. The van der Waals surface area contributed by atoms with Gasteiger partial charge in [0.05, 0.1) is 0 Å². The number of piperidine rings is 3. The second kappa shape index (κ2) is 5.72. The molecule has 3 nitrogen and oxygen atoms in total. The van der Waals surface area contributed by atoms with E-state index in [1.807, 2.05) is 36.4 Å². The van der Waals surface area contributed by atoms with Gasteiger partial charge in [0.1, 0.15) is 0 Å². The van der Waals surface area contributed by atoms with E-state index in [-0.39, 0.29) is 11.9 Å². The van der Waals surface area contributed by atoms with E-state index in [1.54, 1.807) is 0 Å². The lowest BCUT2D eigenvalue weighted by molar-refractivity contribution is 0.0620. The second-order valence-corrected chi connectivity index (χ2v) is 6.64. The maximum Gasteiger partial charge on any atom is 0.251 e. The number of nitrogens with one attached hydrogen (secondary N) is 1. The van der Waals surface area contributed by atoms with Gasteiger partial charge in [-0.25, -0.2) is 0 Å². The first-order chi connectivity index (χ1) is 11.2. The Labute approximate surface area is 136 Å². The molecule has 1 atom stereocenters. The highest BCUT2D eigenvalue weighted by Crippen LogP contribution is 2.27. The van der Waals surface area contributed by atoms with Crippen LogP contribution in [0.4, 0.5) is 0 Å². The summed E-state index contributed by atoms with van der Waals surface area (Å²) in [5, 5.41) is 5.36. The lowest BCUT2D eigenvalue weighted by Crippen LogP contribution is -2.57. The third kappa shape index (κ3) is 2.71. The summed E-state index contributed by atoms with van der Waals surface area (Å²) in [7, 11) is 0. The molecule has 3 fully saturated rings. The summed E-state index contributed by atoms with van der Waals surface area (Å²) in [4.78, 5) is 15.1. The molecule has 1 unspecified atom stereocenters. The van der Waals surface area contributed by atoms with Gasteiger partial charge < -0.3 is 10.2 Å². The molecule has 2 aromatic carbocycles. The number of hydrogen-bond donors (Lipinski definition) is 1. The van der Waals surface area contributed by atoms with E-state index in [1.165, 1.54) is 25.9 Å². The van der Waals surface area contributed by atoms with Crippen molar-refractivity contribution in [2.45, 2.75) is 18.9 Å². The molecule has 0 spiro atoms. The summed E-state index contributed by atoms with van der Waals surface area (Å²) in [5.41, 5.74) is 1.55. The summed E-state index contributed by atoms with van der Waals surface area (Å²) >= 11 is 0. The first kappa shape index (κ1) is 14.3. The molecule has 1 N–H and O–H groups in total. The standard InChI is InChI=1S/C20H20N2O/c1-2-14-3-4-15-5-6-17(12-18(15)11-14)20(23)21-19-13-22-9-7-16(19)8-10-22/h1,3-6,11-12,16,19H,7-10,13H2,(H,21,23). The number of amides is 1. The van der Waals surface area contributed by atoms with Crippen LogP contribution in [-0.2, 0) is 0 Å². The predicted molar refractivity (Wildman–Crippen MR) is 92.3 cm³/mol. The minimum absolute atomic E-state index is 0.0248. The zero-order chi connectivity index (χ0) is 15.8. The van der Waals surface area contributed by atoms with E-state index in [9.17, 15) is 4.79 Å².